The van der Waals surface area contributed by atoms with Crippen molar-refractivity contribution in [2.75, 3.05) is 39.3 Å². The maximum Gasteiger partial charge on any atom is 0.409 e. The summed E-state index contributed by atoms with van der Waals surface area (Å²) < 4.78 is 5.16. The molecule has 0 bridgehead atoms. The first-order chi connectivity index (χ1) is 13.8. The molecule has 2 heterocycles. The van der Waals surface area contributed by atoms with Crippen molar-refractivity contribution in [3.8, 4) is 0 Å². The summed E-state index contributed by atoms with van der Waals surface area (Å²) in [5.74, 6) is 0.0939. The number of ether oxygens (including phenoxy) is 1. The van der Waals surface area contributed by atoms with Gasteiger partial charge in [-0.3, -0.25) is 4.79 Å². The molecule has 0 aromatic carbocycles. The molecule has 2 amide bonds. The fourth-order valence-corrected chi connectivity index (χ4v) is 5.96. The van der Waals surface area contributed by atoms with Gasteiger partial charge < -0.3 is 24.5 Å². The van der Waals surface area contributed by atoms with Crippen LogP contribution in [0.2, 0.25) is 0 Å². The lowest BCUT2D eigenvalue weighted by Crippen LogP contribution is -2.58. The van der Waals surface area contributed by atoms with E-state index in [1.165, 1.54) is 12.8 Å². The molecule has 0 aromatic heterocycles. The van der Waals surface area contributed by atoms with Crippen molar-refractivity contribution in [3.63, 3.8) is 0 Å². The van der Waals surface area contributed by atoms with E-state index < -0.39 is 5.60 Å². The normalized spacial score (nSPS) is 32.0. The van der Waals surface area contributed by atoms with E-state index in [0.29, 0.717) is 24.6 Å². The lowest BCUT2D eigenvalue weighted by molar-refractivity contribution is -0.141. The fourth-order valence-electron chi connectivity index (χ4n) is 5.96. The van der Waals surface area contributed by atoms with Gasteiger partial charge in [-0.05, 0) is 63.7 Å². The first-order valence-electron chi connectivity index (χ1n) is 11.5. The van der Waals surface area contributed by atoms with Crippen LogP contribution >= 0.6 is 0 Å². The van der Waals surface area contributed by atoms with Crippen molar-refractivity contribution in [1.82, 2.24) is 14.7 Å². The Bertz CT molecular complexity index is 622. The van der Waals surface area contributed by atoms with Gasteiger partial charge in [0.1, 0.15) is 0 Å². The highest BCUT2D eigenvalue weighted by Crippen LogP contribution is 2.50. The molecule has 7 heteroatoms. The summed E-state index contributed by atoms with van der Waals surface area (Å²) >= 11 is 0. The zero-order valence-electron chi connectivity index (χ0n) is 18.1. The monoisotopic (exact) mass is 407 g/mol. The van der Waals surface area contributed by atoms with Crippen LogP contribution in [0, 0.1) is 5.41 Å². The lowest BCUT2D eigenvalue weighted by Gasteiger charge is -2.52. The van der Waals surface area contributed by atoms with Gasteiger partial charge in [0.25, 0.3) is 0 Å². The molecular formula is C22H37N3O4. The number of likely N-dealkylation sites (tertiary alicyclic amines) is 2. The number of carbonyl (C=O) groups is 2. The van der Waals surface area contributed by atoms with Crippen LogP contribution in [-0.4, -0.2) is 88.8 Å². The summed E-state index contributed by atoms with van der Waals surface area (Å²) in [7, 11) is 0. The van der Waals surface area contributed by atoms with Gasteiger partial charge in [0.15, 0.2) is 0 Å². The maximum atomic E-state index is 12.2. The standard InChI is InChI=1S/C22H37N3O4/c1-3-29-20(27)24-12-9-21(15-24)13-19(14-21)23-10-5-18(6-11-23)25(17(2)26)16-22(28)7-4-8-22/h18-19,28H,3-16H2,1-2H3. The Hall–Kier alpha value is -1.34. The molecule has 4 rings (SSSR count). The molecule has 2 saturated carbocycles. The second kappa shape index (κ2) is 8.06. The topological polar surface area (TPSA) is 73.3 Å². The smallest absolute Gasteiger partial charge is 0.409 e. The number of rotatable bonds is 5. The minimum atomic E-state index is -0.642. The molecule has 2 saturated heterocycles. The van der Waals surface area contributed by atoms with Crippen LogP contribution in [0.15, 0.2) is 0 Å². The van der Waals surface area contributed by atoms with Crippen LogP contribution in [0.5, 0.6) is 0 Å². The van der Waals surface area contributed by atoms with E-state index in [1.54, 1.807) is 6.92 Å². The highest BCUT2D eigenvalue weighted by atomic mass is 16.6. The summed E-state index contributed by atoms with van der Waals surface area (Å²) in [5, 5.41) is 10.5. The Kier molecular flexibility index (Phi) is 5.81. The van der Waals surface area contributed by atoms with E-state index in [-0.39, 0.29) is 18.0 Å². The predicted molar refractivity (Wildman–Crippen MR) is 109 cm³/mol. The van der Waals surface area contributed by atoms with E-state index in [9.17, 15) is 14.7 Å². The summed E-state index contributed by atoms with van der Waals surface area (Å²) in [5.41, 5.74) is -0.344. The third kappa shape index (κ3) is 4.26. The molecule has 0 atom stereocenters. The molecule has 0 aromatic rings. The fraction of sp³-hybridized carbons (Fsp3) is 0.909. The minimum absolute atomic E-state index is 0.0939. The van der Waals surface area contributed by atoms with E-state index in [0.717, 1.165) is 64.7 Å². The van der Waals surface area contributed by atoms with E-state index in [1.807, 2.05) is 16.7 Å². The third-order valence-corrected chi connectivity index (χ3v) is 7.91. The molecule has 2 aliphatic carbocycles. The molecule has 0 radical (unpaired) electrons. The third-order valence-electron chi connectivity index (χ3n) is 7.91. The van der Waals surface area contributed by atoms with E-state index >= 15 is 0 Å². The van der Waals surface area contributed by atoms with Crippen molar-refractivity contribution in [3.05, 3.63) is 0 Å². The number of carbonyl (C=O) groups excluding carboxylic acids is 2. The zero-order chi connectivity index (χ0) is 20.6. The molecule has 29 heavy (non-hydrogen) atoms. The molecule has 4 fully saturated rings. The molecule has 0 unspecified atom stereocenters. The number of piperidine rings is 1. The van der Waals surface area contributed by atoms with Crippen LogP contribution < -0.4 is 0 Å². The number of nitrogens with zero attached hydrogens (tertiary/aromatic N) is 3. The SMILES string of the molecule is CCOC(=O)N1CCC2(CC(N3CCC(N(CC4(O)CCC4)C(C)=O)CC3)C2)C1. The van der Waals surface area contributed by atoms with Gasteiger partial charge in [-0.1, -0.05) is 0 Å². The molecule has 4 aliphatic rings. The Morgan fingerprint density at radius 3 is 2.38 bits per heavy atom. The zero-order valence-corrected chi connectivity index (χ0v) is 18.1. The van der Waals surface area contributed by atoms with Gasteiger partial charge >= 0.3 is 6.09 Å². The maximum absolute atomic E-state index is 12.2. The summed E-state index contributed by atoms with van der Waals surface area (Å²) in [6, 6.07) is 0.868. The lowest BCUT2D eigenvalue weighted by atomic mass is 9.64. The minimum Gasteiger partial charge on any atom is -0.450 e. The second-order valence-corrected chi connectivity index (χ2v) is 9.92. The summed E-state index contributed by atoms with van der Waals surface area (Å²) in [6.45, 7) is 8.15. The quantitative estimate of drug-likeness (QED) is 0.757. The van der Waals surface area contributed by atoms with Crippen LogP contribution in [-0.2, 0) is 9.53 Å². The molecule has 1 N–H and O–H groups in total. The van der Waals surface area contributed by atoms with Crippen molar-refractivity contribution < 1.29 is 19.4 Å². The van der Waals surface area contributed by atoms with E-state index in [2.05, 4.69) is 4.90 Å². The Morgan fingerprint density at radius 1 is 1.14 bits per heavy atom. The number of amides is 2. The second-order valence-electron chi connectivity index (χ2n) is 9.92. The van der Waals surface area contributed by atoms with Crippen molar-refractivity contribution >= 4 is 12.0 Å². The first-order valence-corrected chi connectivity index (χ1v) is 11.5. The van der Waals surface area contributed by atoms with Crippen LogP contribution in [0.25, 0.3) is 0 Å². The highest BCUT2D eigenvalue weighted by molar-refractivity contribution is 5.73. The summed E-state index contributed by atoms with van der Waals surface area (Å²) in [4.78, 5) is 30.6. The van der Waals surface area contributed by atoms with Gasteiger partial charge in [-0.15, -0.1) is 0 Å². The van der Waals surface area contributed by atoms with Crippen LogP contribution in [0.4, 0.5) is 4.79 Å². The first kappa shape index (κ1) is 20.9. The molecule has 1 spiro atoms. The Balaban J connectivity index is 1.24. The number of hydrogen-bond donors (Lipinski definition) is 1. The van der Waals surface area contributed by atoms with Gasteiger partial charge in [0.2, 0.25) is 5.91 Å². The van der Waals surface area contributed by atoms with Gasteiger partial charge in [-0.2, -0.15) is 0 Å². The molecule has 7 nitrogen and oxygen atoms in total. The van der Waals surface area contributed by atoms with Gasteiger partial charge in [0.05, 0.1) is 12.2 Å². The highest BCUT2D eigenvalue weighted by Gasteiger charge is 2.51. The van der Waals surface area contributed by atoms with Crippen molar-refractivity contribution in [1.29, 1.82) is 0 Å². The average Bonchev–Trinajstić information content (AvgIpc) is 3.10. The molecular weight excluding hydrogens is 370 g/mol. The average molecular weight is 408 g/mol. The summed E-state index contributed by atoms with van der Waals surface area (Å²) in [6.07, 6.45) is 7.97. The van der Waals surface area contributed by atoms with Gasteiger partial charge in [-0.25, -0.2) is 4.79 Å². The van der Waals surface area contributed by atoms with Gasteiger partial charge in [0, 0.05) is 51.7 Å². The largest absolute Gasteiger partial charge is 0.450 e. The van der Waals surface area contributed by atoms with Crippen LogP contribution in [0.1, 0.15) is 65.2 Å². The van der Waals surface area contributed by atoms with Crippen LogP contribution in [0.3, 0.4) is 0 Å². The van der Waals surface area contributed by atoms with E-state index in [4.69, 9.17) is 4.74 Å². The Morgan fingerprint density at radius 2 is 1.83 bits per heavy atom. The number of hydrogen-bond acceptors (Lipinski definition) is 5. The predicted octanol–water partition coefficient (Wildman–Crippen LogP) is 2.23. The Labute approximate surface area is 174 Å². The number of aliphatic hydroxyl groups is 1. The van der Waals surface area contributed by atoms with Crippen molar-refractivity contribution in [2.45, 2.75) is 82.9 Å². The molecule has 164 valence electrons. The molecule has 2 aliphatic heterocycles. The van der Waals surface area contributed by atoms with Crippen molar-refractivity contribution in [2.24, 2.45) is 5.41 Å².